The summed E-state index contributed by atoms with van der Waals surface area (Å²) in [5, 5.41) is 23.2. The molecule has 2 aromatic rings. The molecule has 0 radical (unpaired) electrons. The van der Waals surface area contributed by atoms with Crippen LogP contribution in [0, 0.1) is 11.5 Å². The number of amides is 1. The third-order valence-corrected chi connectivity index (χ3v) is 5.83. The van der Waals surface area contributed by atoms with Gasteiger partial charge in [0.25, 0.3) is 5.91 Å². The first kappa shape index (κ1) is 18.5. The number of carbonyl (C=O) groups excluding carboxylic acids is 1. The van der Waals surface area contributed by atoms with Gasteiger partial charge in [0.15, 0.2) is 6.19 Å². The summed E-state index contributed by atoms with van der Waals surface area (Å²) in [6, 6.07) is 8.16. The molecular weight excluding hydrogens is 382 g/mol. The summed E-state index contributed by atoms with van der Waals surface area (Å²) in [5.41, 5.74) is 2.30. The Morgan fingerprint density at radius 3 is 3.07 bits per heavy atom. The van der Waals surface area contributed by atoms with Gasteiger partial charge in [-0.15, -0.1) is 5.10 Å². The molecule has 1 aromatic heterocycles. The maximum atomic E-state index is 12.7. The van der Waals surface area contributed by atoms with Gasteiger partial charge in [-0.2, -0.15) is 5.26 Å². The van der Waals surface area contributed by atoms with E-state index in [2.05, 4.69) is 39.3 Å². The Hall–Kier alpha value is -3.54. The van der Waals surface area contributed by atoms with Crippen molar-refractivity contribution in [1.29, 1.82) is 5.26 Å². The molecule has 30 heavy (non-hydrogen) atoms. The lowest BCUT2D eigenvalue weighted by Gasteiger charge is -2.17. The lowest BCUT2D eigenvalue weighted by atomic mass is 10.1. The summed E-state index contributed by atoms with van der Waals surface area (Å²) in [7, 11) is 0. The van der Waals surface area contributed by atoms with Gasteiger partial charge in [0.1, 0.15) is 5.76 Å². The normalized spacial score (nSPS) is 25.2. The van der Waals surface area contributed by atoms with Gasteiger partial charge in [0.2, 0.25) is 6.23 Å². The summed E-state index contributed by atoms with van der Waals surface area (Å²) in [6.07, 6.45) is 9.71. The Balaban J connectivity index is 1.17. The quantitative estimate of drug-likeness (QED) is 0.694. The molecule has 1 unspecified atom stereocenters. The summed E-state index contributed by atoms with van der Waals surface area (Å²) >= 11 is 0. The largest absolute Gasteiger partial charge is 0.459 e. The Labute approximate surface area is 174 Å². The first-order valence-corrected chi connectivity index (χ1v) is 10.2. The van der Waals surface area contributed by atoms with Crippen LogP contribution in [0.5, 0.6) is 0 Å². The molecule has 1 saturated carbocycles. The third kappa shape index (κ3) is 3.81. The monoisotopic (exact) mass is 405 g/mol. The maximum Gasteiger partial charge on any atom is 0.282 e. The summed E-state index contributed by atoms with van der Waals surface area (Å²) < 4.78 is 7.58. The van der Waals surface area contributed by atoms with Gasteiger partial charge >= 0.3 is 0 Å². The number of rotatable bonds is 6. The number of nitrogens with one attached hydrogen (secondary N) is 2. The molecule has 9 heteroatoms. The van der Waals surface area contributed by atoms with E-state index in [1.807, 2.05) is 12.1 Å². The molecular formula is C21H23N7O2. The zero-order valence-electron chi connectivity index (χ0n) is 16.4. The van der Waals surface area contributed by atoms with Crippen molar-refractivity contribution in [3.05, 3.63) is 54.0 Å². The fraction of sp³-hybridized carbons (Fsp3) is 0.429. The zero-order valence-corrected chi connectivity index (χ0v) is 16.4. The van der Waals surface area contributed by atoms with Crippen molar-refractivity contribution >= 4 is 11.7 Å². The van der Waals surface area contributed by atoms with E-state index in [1.54, 1.807) is 28.2 Å². The number of hydrogen-bond donors (Lipinski definition) is 2. The van der Waals surface area contributed by atoms with Crippen molar-refractivity contribution in [3.8, 4) is 6.19 Å². The van der Waals surface area contributed by atoms with Gasteiger partial charge in [0, 0.05) is 30.5 Å². The molecule has 1 aliphatic carbocycles. The van der Waals surface area contributed by atoms with E-state index < -0.39 is 6.23 Å². The molecule has 0 spiro atoms. The summed E-state index contributed by atoms with van der Waals surface area (Å²) in [4.78, 5) is 14.4. The van der Waals surface area contributed by atoms with Crippen LogP contribution in [0.3, 0.4) is 0 Å². The molecule has 3 atom stereocenters. The molecule has 0 bridgehead atoms. The van der Waals surface area contributed by atoms with E-state index in [1.165, 1.54) is 18.4 Å². The standard InChI is InChI=1S/C21H23N7O2/c22-13-27-11-17(9-18(27)12-28-7-6-24-26-28)25-20(29)21-23-10-19(30-21)16-3-1-2-15(8-16)14-4-5-14/h1-3,6-8,10,14,17-18,21,23H,4-5,9,11-12H2,(H,25,29)/t17-,18+,21?/m1/s1. The van der Waals surface area contributed by atoms with Gasteiger partial charge < -0.3 is 20.3 Å². The Bertz CT molecular complexity index is 993. The highest BCUT2D eigenvalue weighted by molar-refractivity contribution is 5.83. The first-order chi connectivity index (χ1) is 14.7. The number of benzene rings is 1. The van der Waals surface area contributed by atoms with Crippen LogP contribution in [0.4, 0.5) is 0 Å². The van der Waals surface area contributed by atoms with Crippen molar-refractivity contribution in [2.24, 2.45) is 0 Å². The topological polar surface area (TPSA) is 108 Å². The van der Waals surface area contributed by atoms with Gasteiger partial charge in [-0.3, -0.25) is 9.48 Å². The average Bonchev–Trinajstić information content (AvgIpc) is 3.14. The molecule has 1 amide bonds. The van der Waals surface area contributed by atoms with Gasteiger partial charge in [-0.1, -0.05) is 23.4 Å². The molecule has 9 nitrogen and oxygen atoms in total. The number of likely N-dealkylation sites (tertiary alicyclic amines) is 1. The lowest BCUT2D eigenvalue weighted by Crippen LogP contribution is -2.46. The Morgan fingerprint density at radius 2 is 2.30 bits per heavy atom. The van der Waals surface area contributed by atoms with Gasteiger partial charge in [-0.25, -0.2) is 0 Å². The van der Waals surface area contributed by atoms with E-state index >= 15 is 0 Å². The van der Waals surface area contributed by atoms with Crippen molar-refractivity contribution in [2.75, 3.05) is 6.54 Å². The zero-order chi connectivity index (χ0) is 20.5. The van der Waals surface area contributed by atoms with Crippen molar-refractivity contribution in [3.63, 3.8) is 0 Å². The molecule has 1 saturated heterocycles. The molecule has 1 aromatic carbocycles. The van der Waals surface area contributed by atoms with Crippen LogP contribution < -0.4 is 10.6 Å². The number of aromatic nitrogens is 3. The first-order valence-electron chi connectivity index (χ1n) is 10.2. The van der Waals surface area contributed by atoms with E-state index in [0.717, 1.165) is 5.56 Å². The van der Waals surface area contributed by atoms with Crippen LogP contribution in [0.25, 0.3) is 5.76 Å². The van der Waals surface area contributed by atoms with Crippen LogP contribution in [0.1, 0.15) is 36.3 Å². The molecule has 3 heterocycles. The number of hydrogen-bond acceptors (Lipinski definition) is 7. The SMILES string of the molecule is N#CN1C[C@H](NC(=O)C2NC=C(c3cccc(C4CC4)c3)O2)C[C@H]1Cn1ccnn1. The van der Waals surface area contributed by atoms with E-state index in [4.69, 9.17) is 4.74 Å². The average molecular weight is 405 g/mol. The molecule has 2 fully saturated rings. The number of carbonyl (C=O) groups is 1. The molecule has 2 N–H and O–H groups in total. The van der Waals surface area contributed by atoms with Crippen LogP contribution in [-0.2, 0) is 16.1 Å². The summed E-state index contributed by atoms with van der Waals surface area (Å²) in [6.45, 7) is 1.03. The fourth-order valence-corrected chi connectivity index (χ4v) is 4.13. The third-order valence-electron chi connectivity index (χ3n) is 5.83. The predicted octanol–water partition coefficient (Wildman–Crippen LogP) is 1.14. The van der Waals surface area contributed by atoms with Crippen LogP contribution >= 0.6 is 0 Å². The number of nitriles is 1. The predicted molar refractivity (Wildman–Crippen MR) is 107 cm³/mol. The highest BCUT2D eigenvalue weighted by Gasteiger charge is 2.35. The lowest BCUT2D eigenvalue weighted by molar-refractivity contribution is -0.129. The van der Waals surface area contributed by atoms with Gasteiger partial charge in [0.05, 0.1) is 18.8 Å². The highest BCUT2D eigenvalue weighted by atomic mass is 16.5. The minimum Gasteiger partial charge on any atom is -0.459 e. The second-order valence-electron chi connectivity index (χ2n) is 8.05. The highest BCUT2D eigenvalue weighted by Crippen LogP contribution is 2.40. The van der Waals surface area contributed by atoms with E-state index in [9.17, 15) is 10.1 Å². The minimum absolute atomic E-state index is 0.0293. The van der Waals surface area contributed by atoms with E-state index in [0.29, 0.717) is 31.2 Å². The Morgan fingerprint density at radius 1 is 1.40 bits per heavy atom. The second kappa shape index (κ2) is 7.71. The number of nitrogens with zero attached hydrogens (tertiary/aromatic N) is 5. The summed E-state index contributed by atoms with van der Waals surface area (Å²) in [5.74, 6) is 1.10. The molecule has 5 rings (SSSR count). The van der Waals surface area contributed by atoms with Crippen molar-refractivity contribution in [1.82, 2.24) is 30.5 Å². The van der Waals surface area contributed by atoms with Gasteiger partial charge in [-0.05, 0) is 36.8 Å². The molecule has 2 aliphatic heterocycles. The second-order valence-corrected chi connectivity index (χ2v) is 8.05. The smallest absolute Gasteiger partial charge is 0.282 e. The fourth-order valence-electron chi connectivity index (χ4n) is 4.13. The van der Waals surface area contributed by atoms with Crippen LogP contribution in [-0.4, -0.2) is 50.7 Å². The van der Waals surface area contributed by atoms with Crippen LogP contribution in [0.2, 0.25) is 0 Å². The van der Waals surface area contributed by atoms with E-state index in [-0.39, 0.29) is 18.0 Å². The van der Waals surface area contributed by atoms with Crippen molar-refractivity contribution in [2.45, 2.75) is 50.0 Å². The minimum atomic E-state index is -0.769. The maximum absolute atomic E-state index is 12.7. The van der Waals surface area contributed by atoms with Crippen LogP contribution in [0.15, 0.2) is 42.9 Å². The molecule has 154 valence electrons. The van der Waals surface area contributed by atoms with Crippen molar-refractivity contribution < 1.29 is 9.53 Å². The molecule has 3 aliphatic rings. The Kier molecular flexibility index (Phi) is 4.75. The number of ether oxygens (including phenoxy) is 1.